The molecule has 0 unspecified atom stereocenters. The molecule has 0 saturated carbocycles. The van der Waals surface area contributed by atoms with Gasteiger partial charge in [0, 0.05) is 31.5 Å². The number of rotatable bonds is 8. The summed E-state index contributed by atoms with van der Waals surface area (Å²) in [6.45, 7) is 6.58. The van der Waals surface area contributed by atoms with Crippen LogP contribution in [0.15, 0.2) is 36.5 Å². The van der Waals surface area contributed by atoms with E-state index in [1.165, 1.54) is 51.6 Å². The average molecular weight is 396 g/mol. The molecule has 2 fully saturated rings. The van der Waals surface area contributed by atoms with Crippen LogP contribution in [0.4, 0.5) is 17.5 Å². The van der Waals surface area contributed by atoms with Crippen molar-refractivity contribution >= 4 is 17.5 Å². The number of nitrogens with zero attached hydrogens (tertiary/aromatic N) is 4. The minimum atomic E-state index is 0.642. The summed E-state index contributed by atoms with van der Waals surface area (Å²) in [4.78, 5) is 14.0. The number of hydrogen-bond donors (Lipinski definition) is 1. The van der Waals surface area contributed by atoms with Crippen LogP contribution >= 0.6 is 0 Å². The SMILES string of the molecule is c1cc(N2CCCCC2)nc(Nc2ccc(OCCCN3CCCCC3)cc2)n1. The zero-order chi connectivity index (χ0) is 19.7. The molecule has 2 aromatic rings. The van der Waals surface area contributed by atoms with E-state index in [1.54, 1.807) is 0 Å². The standard InChI is InChI=1S/C23H33N5O/c1-3-14-27(15-4-1)16-7-19-29-21-10-8-20(9-11-21)25-23-24-13-12-22(26-23)28-17-5-2-6-18-28/h8-13H,1-7,14-19H2,(H,24,25,26). The van der Waals surface area contributed by atoms with Crippen molar-refractivity contribution in [3.05, 3.63) is 36.5 Å². The van der Waals surface area contributed by atoms with Gasteiger partial charge < -0.3 is 19.9 Å². The fourth-order valence-corrected chi connectivity index (χ4v) is 4.13. The average Bonchev–Trinajstić information content (AvgIpc) is 2.79. The Morgan fingerprint density at radius 2 is 1.59 bits per heavy atom. The number of benzene rings is 1. The molecule has 1 aromatic carbocycles. The molecule has 2 saturated heterocycles. The van der Waals surface area contributed by atoms with E-state index in [9.17, 15) is 0 Å². The smallest absolute Gasteiger partial charge is 0.229 e. The largest absolute Gasteiger partial charge is 0.494 e. The molecule has 0 atom stereocenters. The summed E-state index contributed by atoms with van der Waals surface area (Å²) in [6.07, 6.45) is 10.8. The van der Waals surface area contributed by atoms with Gasteiger partial charge in [-0.1, -0.05) is 6.42 Å². The Balaban J connectivity index is 1.24. The van der Waals surface area contributed by atoms with Crippen molar-refractivity contribution in [3.63, 3.8) is 0 Å². The minimum absolute atomic E-state index is 0.642. The van der Waals surface area contributed by atoms with Gasteiger partial charge in [0.25, 0.3) is 0 Å². The van der Waals surface area contributed by atoms with Crippen LogP contribution in [0, 0.1) is 0 Å². The summed E-state index contributed by atoms with van der Waals surface area (Å²) >= 11 is 0. The predicted molar refractivity (Wildman–Crippen MR) is 118 cm³/mol. The molecule has 0 spiro atoms. The van der Waals surface area contributed by atoms with Gasteiger partial charge in [-0.05, 0) is 81.9 Å². The Hall–Kier alpha value is -2.34. The van der Waals surface area contributed by atoms with Gasteiger partial charge in [0.1, 0.15) is 11.6 Å². The van der Waals surface area contributed by atoms with Gasteiger partial charge in [0.2, 0.25) is 5.95 Å². The highest BCUT2D eigenvalue weighted by molar-refractivity contribution is 5.56. The van der Waals surface area contributed by atoms with Gasteiger partial charge in [-0.25, -0.2) is 4.98 Å². The molecule has 0 bridgehead atoms. The summed E-state index contributed by atoms with van der Waals surface area (Å²) in [5.41, 5.74) is 0.974. The number of piperidine rings is 2. The minimum Gasteiger partial charge on any atom is -0.494 e. The molecule has 0 amide bonds. The summed E-state index contributed by atoms with van der Waals surface area (Å²) in [5.74, 6) is 2.57. The molecule has 0 aliphatic carbocycles. The first-order chi connectivity index (χ1) is 14.4. The van der Waals surface area contributed by atoms with Gasteiger partial charge in [-0.15, -0.1) is 0 Å². The fraction of sp³-hybridized carbons (Fsp3) is 0.565. The number of aromatic nitrogens is 2. The van der Waals surface area contributed by atoms with Crippen LogP contribution in [-0.2, 0) is 0 Å². The van der Waals surface area contributed by atoms with E-state index in [4.69, 9.17) is 4.74 Å². The lowest BCUT2D eigenvalue weighted by atomic mass is 10.1. The van der Waals surface area contributed by atoms with Crippen LogP contribution in [-0.4, -0.2) is 54.2 Å². The lowest BCUT2D eigenvalue weighted by molar-refractivity contribution is 0.205. The molecule has 0 radical (unpaired) electrons. The van der Waals surface area contributed by atoms with E-state index in [0.717, 1.165) is 49.9 Å². The maximum atomic E-state index is 5.91. The topological polar surface area (TPSA) is 53.5 Å². The monoisotopic (exact) mass is 395 g/mol. The van der Waals surface area contributed by atoms with Crippen LogP contribution < -0.4 is 15.0 Å². The molecular weight excluding hydrogens is 362 g/mol. The molecule has 156 valence electrons. The van der Waals surface area contributed by atoms with Gasteiger partial charge in [0.05, 0.1) is 6.61 Å². The second-order valence-corrected chi connectivity index (χ2v) is 8.04. The lowest BCUT2D eigenvalue weighted by Crippen LogP contribution is -2.31. The molecule has 3 heterocycles. The van der Waals surface area contributed by atoms with E-state index < -0.39 is 0 Å². The van der Waals surface area contributed by atoms with E-state index in [-0.39, 0.29) is 0 Å². The van der Waals surface area contributed by atoms with Gasteiger partial charge >= 0.3 is 0 Å². The predicted octanol–water partition coefficient (Wildman–Crippen LogP) is 4.47. The molecule has 2 aliphatic rings. The summed E-state index contributed by atoms with van der Waals surface area (Å²) in [7, 11) is 0. The first-order valence-electron chi connectivity index (χ1n) is 11.2. The number of ether oxygens (including phenoxy) is 1. The summed E-state index contributed by atoms with van der Waals surface area (Å²) in [5, 5.41) is 3.31. The summed E-state index contributed by atoms with van der Waals surface area (Å²) in [6, 6.07) is 10.1. The molecule has 6 heteroatoms. The number of hydrogen-bond acceptors (Lipinski definition) is 6. The normalized spacial score (nSPS) is 17.9. The number of likely N-dealkylation sites (tertiary alicyclic amines) is 1. The first kappa shape index (κ1) is 20.0. The van der Waals surface area contributed by atoms with Crippen molar-refractivity contribution in [2.45, 2.75) is 44.9 Å². The van der Waals surface area contributed by atoms with Crippen molar-refractivity contribution in [2.24, 2.45) is 0 Å². The fourth-order valence-electron chi connectivity index (χ4n) is 4.13. The highest BCUT2D eigenvalue weighted by atomic mass is 16.5. The van der Waals surface area contributed by atoms with Crippen molar-refractivity contribution < 1.29 is 4.74 Å². The molecule has 1 aromatic heterocycles. The van der Waals surface area contributed by atoms with Crippen LogP contribution in [0.25, 0.3) is 0 Å². The third kappa shape index (κ3) is 6.07. The quantitative estimate of drug-likeness (QED) is 0.666. The van der Waals surface area contributed by atoms with Gasteiger partial charge in [-0.3, -0.25) is 0 Å². The highest BCUT2D eigenvalue weighted by Gasteiger charge is 2.13. The van der Waals surface area contributed by atoms with E-state index in [0.29, 0.717) is 5.95 Å². The molecule has 1 N–H and O–H groups in total. The van der Waals surface area contributed by atoms with Crippen LogP contribution in [0.3, 0.4) is 0 Å². The second kappa shape index (κ2) is 10.4. The van der Waals surface area contributed by atoms with Crippen molar-refractivity contribution in [1.29, 1.82) is 0 Å². The Bertz CT molecular complexity index is 739. The molecule has 4 rings (SSSR count). The highest BCUT2D eigenvalue weighted by Crippen LogP contribution is 2.21. The Kier molecular flexibility index (Phi) is 7.18. The Labute approximate surface area is 174 Å². The zero-order valence-corrected chi connectivity index (χ0v) is 17.4. The zero-order valence-electron chi connectivity index (χ0n) is 17.4. The Morgan fingerprint density at radius 1 is 0.862 bits per heavy atom. The Morgan fingerprint density at radius 3 is 2.34 bits per heavy atom. The summed E-state index contributed by atoms with van der Waals surface area (Å²) < 4.78 is 5.91. The third-order valence-electron chi connectivity index (χ3n) is 5.77. The van der Waals surface area contributed by atoms with Crippen molar-refractivity contribution in [1.82, 2.24) is 14.9 Å². The van der Waals surface area contributed by atoms with Gasteiger partial charge in [-0.2, -0.15) is 4.98 Å². The van der Waals surface area contributed by atoms with E-state index in [2.05, 4.69) is 25.1 Å². The first-order valence-corrected chi connectivity index (χ1v) is 11.2. The van der Waals surface area contributed by atoms with Crippen LogP contribution in [0.5, 0.6) is 5.75 Å². The number of anilines is 3. The molecule has 6 nitrogen and oxygen atoms in total. The van der Waals surface area contributed by atoms with Gasteiger partial charge in [0.15, 0.2) is 0 Å². The number of nitrogens with one attached hydrogen (secondary N) is 1. The van der Waals surface area contributed by atoms with Crippen molar-refractivity contribution in [3.8, 4) is 5.75 Å². The molecule has 29 heavy (non-hydrogen) atoms. The second-order valence-electron chi connectivity index (χ2n) is 8.04. The van der Waals surface area contributed by atoms with E-state index >= 15 is 0 Å². The maximum absolute atomic E-state index is 5.91. The van der Waals surface area contributed by atoms with Crippen molar-refractivity contribution in [2.75, 3.05) is 49.5 Å². The van der Waals surface area contributed by atoms with Crippen LogP contribution in [0.2, 0.25) is 0 Å². The maximum Gasteiger partial charge on any atom is 0.229 e. The molecule has 2 aliphatic heterocycles. The molecular formula is C23H33N5O. The van der Waals surface area contributed by atoms with Crippen LogP contribution in [0.1, 0.15) is 44.9 Å². The third-order valence-corrected chi connectivity index (χ3v) is 5.77. The lowest BCUT2D eigenvalue weighted by Gasteiger charge is -2.27. The van der Waals surface area contributed by atoms with E-state index in [1.807, 2.05) is 36.5 Å².